The topological polar surface area (TPSA) is 47.6 Å². The van der Waals surface area contributed by atoms with Gasteiger partial charge in [0, 0.05) is 20.3 Å². The Morgan fingerprint density at radius 3 is 2.68 bits per heavy atom. The van der Waals surface area contributed by atoms with Crippen molar-refractivity contribution in [3.63, 3.8) is 0 Å². The fraction of sp³-hybridized carbons (Fsp3) is 0.500. The number of rotatable bonds is 9. The molecular weight excluding hydrogens is 266 g/mol. The Hall–Kier alpha value is -1.10. The second kappa shape index (κ2) is 9.78. The molecule has 0 bridgehead atoms. The van der Waals surface area contributed by atoms with Crippen molar-refractivity contribution >= 4 is 17.5 Å². The van der Waals surface area contributed by atoms with E-state index in [0.29, 0.717) is 26.4 Å². The molecule has 0 aromatic heterocycles. The first-order chi connectivity index (χ1) is 9.25. The summed E-state index contributed by atoms with van der Waals surface area (Å²) in [5.41, 5.74) is 0.804. The normalized spacial score (nSPS) is 12.1. The minimum absolute atomic E-state index is 0.176. The molecule has 0 spiro atoms. The van der Waals surface area contributed by atoms with Crippen molar-refractivity contribution < 1.29 is 14.3 Å². The smallest absolute Gasteiger partial charge is 0.242 e. The van der Waals surface area contributed by atoms with Gasteiger partial charge in [-0.15, -0.1) is 11.6 Å². The first-order valence-corrected chi connectivity index (χ1v) is 6.72. The molecule has 19 heavy (non-hydrogen) atoms. The Morgan fingerprint density at radius 1 is 1.26 bits per heavy atom. The number of halogens is 1. The Kier molecular flexibility index (Phi) is 8.21. The van der Waals surface area contributed by atoms with Crippen LogP contribution in [0.5, 0.6) is 0 Å². The quantitative estimate of drug-likeness (QED) is 0.558. The van der Waals surface area contributed by atoms with E-state index in [1.807, 2.05) is 30.3 Å². The van der Waals surface area contributed by atoms with Crippen LogP contribution in [-0.2, 0) is 14.3 Å². The molecule has 1 amide bonds. The van der Waals surface area contributed by atoms with Gasteiger partial charge in [-0.25, -0.2) is 0 Å². The Balaban J connectivity index is 2.14. The van der Waals surface area contributed by atoms with Gasteiger partial charge in [0.2, 0.25) is 5.91 Å². The molecule has 0 fully saturated rings. The van der Waals surface area contributed by atoms with E-state index < -0.39 is 5.38 Å². The van der Waals surface area contributed by atoms with Crippen LogP contribution in [0.3, 0.4) is 0 Å². The maximum atomic E-state index is 11.8. The average Bonchev–Trinajstić information content (AvgIpc) is 2.46. The van der Waals surface area contributed by atoms with E-state index in [1.165, 1.54) is 0 Å². The summed E-state index contributed by atoms with van der Waals surface area (Å²) < 4.78 is 10.1. The van der Waals surface area contributed by atoms with Crippen molar-refractivity contribution in [1.82, 2.24) is 5.32 Å². The van der Waals surface area contributed by atoms with Gasteiger partial charge in [-0.2, -0.15) is 0 Å². The summed E-state index contributed by atoms with van der Waals surface area (Å²) in [5.74, 6) is -0.176. The summed E-state index contributed by atoms with van der Waals surface area (Å²) in [6, 6.07) is 9.29. The second-order valence-corrected chi connectivity index (χ2v) is 4.46. The number of methoxy groups -OCH3 is 1. The van der Waals surface area contributed by atoms with Crippen LogP contribution in [-0.4, -0.2) is 39.4 Å². The van der Waals surface area contributed by atoms with Crippen LogP contribution in [0.4, 0.5) is 0 Å². The highest BCUT2D eigenvalue weighted by Crippen LogP contribution is 2.19. The molecule has 1 rings (SSSR count). The van der Waals surface area contributed by atoms with Crippen molar-refractivity contribution in [2.45, 2.75) is 11.8 Å². The number of ether oxygens (including phenoxy) is 2. The standard InChI is InChI=1S/C14H20ClNO3/c1-18-10-11-19-9-5-8-16-14(17)13(15)12-6-3-2-4-7-12/h2-4,6-7,13H,5,8-11H2,1H3,(H,16,17). The summed E-state index contributed by atoms with van der Waals surface area (Å²) in [6.45, 7) is 2.32. The van der Waals surface area contributed by atoms with Crippen LogP contribution in [0.1, 0.15) is 17.4 Å². The zero-order valence-electron chi connectivity index (χ0n) is 11.1. The number of alkyl halides is 1. The molecule has 106 valence electrons. The number of hydrogen-bond donors (Lipinski definition) is 1. The summed E-state index contributed by atoms with van der Waals surface area (Å²) in [4.78, 5) is 11.8. The first kappa shape index (κ1) is 16.0. The first-order valence-electron chi connectivity index (χ1n) is 6.29. The van der Waals surface area contributed by atoms with E-state index in [9.17, 15) is 4.79 Å². The van der Waals surface area contributed by atoms with E-state index >= 15 is 0 Å². The Morgan fingerprint density at radius 2 is 2.00 bits per heavy atom. The summed E-state index contributed by atoms with van der Waals surface area (Å²) in [7, 11) is 1.63. The van der Waals surface area contributed by atoms with Gasteiger partial charge in [-0.1, -0.05) is 30.3 Å². The molecule has 4 nitrogen and oxygen atoms in total. The average molecular weight is 286 g/mol. The highest BCUT2D eigenvalue weighted by molar-refractivity contribution is 6.30. The van der Waals surface area contributed by atoms with E-state index in [-0.39, 0.29) is 5.91 Å². The zero-order valence-corrected chi connectivity index (χ0v) is 11.9. The molecule has 0 saturated heterocycles. The Bertz CT molecular complexity index is 359. The molecule has 1 aromatic rings. The minimum Gasteiger partial charge on any atom is -0.382 e. The lowest BCUT2D eigenvalue weighted by Gasteiger charge is -2.10. The predicted octanol–water partition coefficient (Wildman–Crippen LogP) is 2.14. The molecule has 0 radical (unpaired) electrons. The van der Waals surface area contributed by atoms with Crippen LogP contribution < -0.4 is 5.32 Å². The number of nitrogens with one attached hydrogen (secondary N) is 1. The lowest BCUT2D eigenvalue weighted by atomic mass is 10.1. The zero-order chi connectivity index (χ0) is 13.9. The van der Waals surface area contributed by atoms with Crippen LogP contribution in [0, 0.1) is 0 Å². The third-order valence-electron chi connectivity index (χ3n) is 2.52. The second-order valence-electron chi connectivity index (χ2n) is 4.02. The van der Waals surface area contributed by atoms with Gasteiger partial charge in [-0.3, -0.25) is 4.79 Å². The van der Waals surface area contributed by atoms with Crippen LogP contribution in [0.2, 0.25) is 0 Å². The highest BCUT2D eigenvalue weighted by Gasteiger charge is 2.16. The number of amides is 1. The van der Waals surface area contributed by atoms with E-state index in [4.69, 9.17) is 21.1 Å². The van der Waals surface area contributed by atoms with Crippen molar-refractivity contribution in [2.24, 2.45) is 0 Å². The van der Waals surface area contributed by atoms with Crippen molar-refractivity contribution in [1.29, 1.82) is 0 Å². The maximum Gasteiger partial charge on any atom is 0.242 e. The largest absolute Gasteiger partial charge is 0.382 e. The molecule has 1 aromatic carbocycles. The summed E-state index contributed by atoms with van der Waals surface area (Å²) in [5, 5.41) is 2.15. The fourth-order valence-corrected chi connectivity index (χ4v) is 1.72. The van der Waals surface area contributed by atoms with Gasteiger partial charge in [0.25, 0.3) is 0 Å². The number of benzene rings is 1. The number of carbonyl (C=O) groups excluding carboxylic acids is 1. The number of hydrogen-bond acceptors (Lipinski definition) is 3. The lowest BCUT2D eigenvalue weighted by Crippen LogP contribution is -2.28. The van der Waals surface area contributed by atoms with Crippen molar-refractivity contribution in [2.75, 3.05) is 33.5 Å². The third kappa shape index (κ3) is 6.57. The molecule has 0 aliphatic heterocycles. The van der Waals surface area contributed by atoms with Gasteiger partial charge in [0.05, 0.1) is 13.2 Å². The van der Waals surface area contributed by atoms with Gasteiger partial charge < -0.3 is 14.8 Å². The molecular formula is C14H20ClNO3. The van der Waals surface area contributed by atoms with Crippen LogP contribution >= 0.6 is 11.6 Å². The fourth-order valence-electron chi connectivity index (χ4n) is 1.49. The van der Waals surface area contributed by atoms with Gasteiger partial charge >= 0.3 is 0 Å². The van der Waals surface area contributed by atoms with E-state index in [0.717, 1.165) is 12.0 Å². The van der Waals surface area contributed by atoms with Gasteiger partial charge in [0.15, 0.2) is 0 Å². The molecule has 1 N–H and O–H groups in total. The summed E-state index contributed by atoms with van der Waals surface area (Å²) >= 11 is 6.08. The van der Waals surface area contributed by atoms with Gasteiger partial charge in [0.1, 0.15) is 5.38 Å². The Labute approximate surface area is 119 Å². The van der Waals surface area contributed by atoms with Crippen LogP contribution in [0.15, 0.2) is 30.3 Å². The highest BCUT2D eigenvalue weighted by atomic mass is 35.5. The SMILES string of the molecule is COCCOCCCNC(=O)C(Cl)c1ccccc1. The molecule has 0 aliphatic rings. The number of carbonyl (C=O) groups is 1. The van der Waals surface area contributed by atoms with Crippen molar-refractivity contribution in [3.05, 3.63) is 35.9 Å². The maximum absolute atomic E-state index is 11.8. The monoisotopic (exact) mass is 285 g/mol. The summed E-state index contributed by atoms with van der Waals surface area (Å²) in [6.07, 6.45) is 0.758. The van der Waals surface area contributed by atoms with E-state index in [2.05, 4.69) is 5.32 Å². The molecule has 0 saturated carbocycles. The molecule has 1 atom stereocenters. The molecule has 0 aliphatic carbocycles. The molecule has 0 heterocycles. The lowest BCUT2D eigenvalue weighted by molar-refractivity contribution is -0.120. The van der Waals surface area contributed by atoms with Gasteiger partial charge in [-0.05, 0) is 12.0 Å². The predicted molar refractivity (Wildman–Crippen MR) is 75.4 cm³/mol. The van der Waals surface area contributed by atoms with Crippen molar-refractivity contribution in [3.8, 4) is 0 Å². The minimum atomic E-state index is -0.643. The van der Waals surface area contributed by atoms with E-state index in [1.54, 1.807) is 7.11 Å². The molecule has 1 unspecified atom stereocenters. The third-order valence-corrected chi connectivity index (χ3v) is 2.97. The van der Waals surface area contributed by atoms with Crippen LogP contribution in [0.25, 0.3) is 0 Å². The molecule has 5 heteroatoms.